The van der Waals surface area contributed by atoms with Gasteiger partial charge in [-0.2, -0.15) is 0 Å². The van der Waals surface area contributed by atoms with Crippen LogP contribution < -0.4 is 16.8 Å². The first-order valence-corrected chi connectivity index (χ1v) is 6.49. The van der Waals surface area contributed by atoms with E-state index in [1.54, 1.807) is 24.3 Å². The fourth-order valence-corrected chi connectivity index (χ4v) is 2.53. The quantitative estimate of drug-likeness (QED) is 0.747. The summed E-state index contributed by atoms with van der Waals surface area (Å²) in [5, 5.41) is 3.03. The van der Waals surface area contributed by atoms with E-state index in [1.165, 1.54) is 0 Å². The smallest absolute Gasteiger partial charge is 0.251 e. The third kappa shape index (κ3) is 2.93. The van der Waals surface area contributed by atoms with Crippen LogP contribution >= 0.6 is 0 Å². The van der Waals surface area contributed by atoms with Gasteiger partial charge in [0.15, 0.2) is 0 Å². The Morgan fingerprint density at radius 3 is 2.11 bits per heavy atom. The van der Waals surface area contributed by atoms with Gasteiger partial charge in [0, 0.05) is 17.7 Å². The lowest BCUT2D eigenvalue weighted by atomic mass is 9.97. The summed E-state index contributed by atoms with van der Waals surface area (Å²) >= 11 is 0. The molecule has 1 aromatic rings. The van der Waals surface area contributed by atoms with Gasteiger partial charge < -0.3 is 16.8 Å². The van der Waals surface area contributed by atoms with Gasteiger partial charge in [0.2, 0.25) is 5.91 Å². The Balaban J connectivity index is 2.09. The van der Waals surface area contributed by atoms with Crippen molar-refractivity contribution in [3.63, 3.8) is 0 Å². The van der Waals surface area contributed by atoms with Gasteiger partial charge in [0.1, 0.15) is 0 Å². The summed E-state index contributed by atoms with van der Waals surface area (Å²) in [7, 11) is 0. The van der Waals surface area contributed by atoms with Gasteiger partial charge in [-0.25, -0.2) is 0 Å². The van der Waals surface area contributed by atoms with E-state index in [0.717, 1.165) is 25.7 Å². The van der Waals surface area contributed by atoms with Crippen molar-refractivity contribution in [3.8, 4) is 0 Å². The van der Waals surface area contributed by atoms with E-state index in [-0.39, 0.29) is 11.4 Å². The summed E-state index contributed by atoms with van der Waals surface area (Å²) in [6.07, 6.45) is 4.04. The number of carbonyl (C=O) groups is 2. The zero-order valence-electron chi connectivity index (χ0n) is 10.8. The number of nitrogens with one attached hydrogen (secondary N) is 1. The SMILES string of the molecule is NCC1(NC(=O)c2ccc(C(N)=O)cc2)CCCC1. The predicted octanol–water partition coefficient (Wildman–Crippen LogP) is 0.787. The molecule has 0 aromatic heterocycles. The van der Waals surface area contributed by atoms with E-state index in [1.807, 2.05) is 0 Å². The highest BCUT2D eigenvalue weighted by Crippen LogP contribution is 2.28. The van der Waals surface area contributed by atoms with Crippen molar-refractivity contribution < 1.29 is 9.59 Å². The molecule has 0 aliphatic heterocycles. The predicted molar refractivity (Wildman–Crippen MR) is 72.7 cm³/mol. The number of nitrogens with two attached hydrogens (primary N) is 2. The van der Waals surface area contributed by atoms with Gasteiger partial charge in [-0.05, 0) is 37.1 Å². The number of primary amides is 1. The molecule has 5 N–H and O–H groups in total. The summed E-state index contributed by atoms with van der Waals surface area (Å²) in [4.78, 5) is 23.1. The second-order valence-electron chi connectivity index (χ2n) is 5.09. The first-order chi connectivity index (χ1) is 9.06. The Hall–Kier alpha value is -1.88. The van der Waals surface area contributed by atoms with Crippen molar-refractivity contribution in [2.45, 2.75) is 31.2 Å². The van der Waals surface area contributed by atoms with Crippen LogP contribution in [-0.2, 0) is 0 Å². The van der Waals surface area contributed by atoms with Gasteiger partial charge in [0.05, 0.1) is 5.54 Å². The van der Waals surface area contributed by atoms with E-state index < -0.39 is 5.91 Å². The standard InChI is InChI=1S/C14H19N3O2/c15-9-14(7-1-2-8-14)17-13(19)11-5-3-10(4-6-11)12(16)18/h3-6H,1-2,7-9,15H2,(H2,16,18)(H,17,19). The summed E-state index contributed by atoms with van der Waals surface area (Å²) in [6.45, 7) is 0.456. The van der Waals surface area contributed by atoms with Crippen molar-refractivity contribution in [3.05, 3.63) is 35.4 Å². The van der Waals surface area contributed by atoms with Crippen LogP contribution in [0.2, 0.25) is 0 Å². The molecular formula is C14H19N3O2. The van der Waals surface area contributed by atoms with Gasteiger partial charge in [0.25, 0.3) is 5.91 Å². The van der Waals surface area contributed by atoms with Crippen LogP contribution in [0, 0.1) is 0 Å². The third-order valence-electron chi connectivity index (χ3n) is 3.76. The lowest BCUT2D eigenvalue weighted by Crippen LogP contribution is -2.51. The highest BCUT2D eigenvalue weighted by molar-refractivity contribution is 5.97. The van der Waals surface area contributed by atoms with Crippen molar-refractivity contribution >= 4 is 11.8 Å². The zero-order valence-corrected chi connectivity index (χ0v) is 10.8. The van der Waals surface area contributed by atoms with Crippen molar-refractivity contribution in [1.29, 1.82) is 0 Å². The molecule has 5 heteroatoms. The molecule has 1 saturated carbocycles. The molecule has 2 amide bonds. The second kappa shape index (κ2) is 5.40. The van der Waals surface area contributed by atoms with Crippen molar-refractivity contribution in [2.75, 3.05) is 6.54 Å². The van der Waals surface area contributed by atoms with E-state index in [2.05, 4.69) is 5.32 Å². The number of carbonyl (C=O) groups excluding carboxylic acids is 2. The Morgan fingerprint density at radius 1 is 1.11 bits per heavy atom. The molecule has 1 fully saturated rings. The van der Waals surface area contributed by atoms with Crippen LogP contribution in [0.1, 0.15) is 46.4 Å². The fourth-order valence-electron chi connectivity index (χ4n) is 2.53. The number of hydrogen-bond acceptors (Lipinski definition) is 3. The summed E-state index contributed by atoms with van der Waals surface area (Å²) in [5.74, 6) is -0.649. The Kier molecular flexibility index (Phi) is 3.85. The summed E-state index contributed by atoms with van der Waals surface area (Å²) < 4.78 is 0. The van der Waals surface area contributed by atoms with Gasteiger partial charge >= 0.3 is 0 Å². The molecule has 0 bridgehead atoms. The molecule has 1 aromatic carbocycles. The van der Waals surface area contributed by atoms with Crippen LogP contribution in [0.15, 0.2) is 24.3 Å². The van der Waals surface area contributed by atoms with Crippen LogP contribution in [0.4, 0.5) is 0 Å². The van der Waals surface area contributed by atoms with Gasteiger partial charge in [-0.15, -0.1) is 0 Å². The Labute approximate surface area is 112 Å². The van der Waals surface area contributed by atoms with E-state index in [0.29, 0.717) is 17.7 Å². The summed E-state index contributed by atoms with van der Waals surface area (Å²) in [6, 6.07) is 6.32. The minimum atomic E-state index is -0.499. The number of hydrogen-bond donors (Lipinski definition) is 3. The molecule has 0 saturated heterocycles. The van der Waals surface area contributed by atoms with Crippen LogP contribution in [0.3, 0.4) is 0 Å². The number of benzene rings is 1. The Bertz CT molecular complexity index is 476. The second-order valence-corrected chi connectivity index (χ2v) is 5.09. The summed E-state index contributed by atoms with van der Waals surface area (Å²) in [5.41, 5.74) is 11.6. The van der Waals surface area contributed by atoms with Gasteiger partial charge in [-0.1, -0.05) is 12.8 Å². The molecule has 0 spiro atoms. The van der Waals surface area contributed by atoms with E-state index >= 15 is 0 Å². The molecule has 0 unspecified atom stereocenters. The van der Waals surface area contributed by atoms with Crippen LogP contribution in [0.5, 0.6) is 0 Å². The third-order valence-corrected chi connectivity index (χ3v) is 3.76. The minimum Gasteiger partial charge on any atom is -0.366 e. The highest BCUT2D eigenvalue weighted by Gasteiger charge is 2.33. The van der Waals surface area contributed by atoms with Gasteiger partial charge in [-0.3, -0.25) is 9.59 Å². The molecule has 0 heterocycles. The molecule has 1 aliphatic carbocycles. The maximum atomic E-state index is 12.2. The van der Waals surface area contributed by atoms with Crippen LogP contribution in [0.25, 0.3) is 0 Å². The first kappa shape index (κ1) is 13.5. The molecule has 0 radical (unpaired) electrons. The van der Waals surface area contributed by atoms with E-state index in [4.69, 9.17) is 11.5 Å². The normalized spacial score (nSPS) is 17.1. The molecule has 19 heavy (non-hydrogen) atoms. The molecular weight excluding hydrogens is 242 g/mol. The monoisotopic (exact) mass is 261 g/mol. The largest absolute Gasteiger partial charge is 0.366 e. The Morgan fingerprint density at radius 2 is 1.63 bits per heavy atom. The average Bonchev–Trinajstić information content (AvgIpc) is 2.88. The zero-order chi connectivity index (χ0) is 13.9. The fraction of sp³-hybridized carbons (Fsp3) is 0.429. The molecule has 5 nitrogen and oxygen atoms in total. The molecule has 0 atom stereocenters. The van der Waals surface area contributed by atoms with Crippen molar-refractivity contribution in [2.24, 2.45) is 11.5 Å². The number of rotatable bonds is 4. The molecule has 102 valence electrons. The van der Waals surface area contributed by atoms with Crippen LogP contribution in [-0.4, -0.2) is 23.9 Å². The van der Waals surface area contributed by atoms with Crippen molar-refractivity contribution in [1.82, 2.24) is 5.32 Å². The molecule has 1 aliphatic rings. The topological polar surface area (TPSA) is 98.2 Å². The highest BCUT2D eigenvalue weighted by atomic mass is 16.2. The van der Waals surface area contributed by atoms with E-state index in [9.17, 15) is 9.59 Å². The maximum Gasteiger partial charge on any atom is 0.251 e. The lowest BCUT2D eigenvalue weighted by molar-refractivity contribution is 0.0901. The lowest BCUT2D eigenvalue weighted by Gasteiger charge is -2.28. The maximum absolute atomic E-state index is 12.2. The molecule has 2 rings (SSSR count). The first-order valence-electron chi connectivity index (χ1n) is 6.49. The number of amides is 2. The average molecular weight is 261 g/mol. The minimum absolute atomic E-state index is 0.150.